The maximum Gasteiger partial charge on any atom is 0.179 e. The van der Waals surface area contributed by atoms with E-state index in [1.165, 1.54) is 0 Å². The molecule has 0 aliphatic carbocycles. The largest absolute Gasteiger partial charge is 0.308 e. The molecule has 0 aliphatic heterocycles. The van der Waals surface area contributed by atoms with Crippen molar-refractivity contribution in [2.45, 2.75) is 0 Å². The van der Waals surface area contributed by atoms with Crippen LogP contribution in [0.15, 0.2) is 75.7 Å². The summed E-state index contributed by atoms with van der Waals surface area (Å²) in [5.41, 5.74) is 0. The summed E-state index contributed by atoms with van der Waals surface area (Å²) >= 11 is 6.78. The highest BCUT2D eigenvalue weighted by molar-refractivity contribution is 9.10. The molecule has 0 spiro atoms. The van der Waals surface area contributed by atoms with Crippen molar-refractivity contribution in [3.8, 4) is 0 Å². The number of hydrogen-bond acceptors (Lipinski definition) is 1. The van der Waals surface area contributed by atoms with E-state index >= 15 is 0 Å². The predicted molar refractivity (Wildman–Crippen MR) is 98.9 cm³/mol. The monoisotopic (exact) mass is 432 g/mol. The quantitative estimate of drug-likeness (QED) is 0.557. The average Bonchev–Trinajstić information content (AvgIpc) is 2.56. The molecular weight excluding hydrogens is 423 g/mol. The zero-order valence-corrected chi connectivity index (χ0v) is 15.5. The molecule has 3 rings (SSSR count). The Labute approximate surface area is 147 Å². The molecular formula is C18H11Br2OP. The molecule has 0 radical (unpaired) electrons. The smallest absolute Gasteiger partial charge is 0.179 e. The number of hydrogen-bond donors (Lipinski definition) is 0. The van der Waals surface area contributed by atoms with Crippen LogP contribution in [-0.4, -0.2) is 0 Å². The Hall–Kier alpha value is -1.33. The van der Waals surface area contributed by atoms with Crippen molar-refractivity contribution in [3.05, 3.63) is 87.8 Å². The molecule has 1 nitrogen and oxygen atoms in total. The van der Waals surface area contributed by atoms with E-state index < -0.39 is 7.14 Å². The first-order valence-corrected chi connectivity index (χ1v) is 9.92. The molecule has 0 saturated heterocycles. The van der Waals surface area contributed by atoms with Crippen molar-refractivity contribution in [2.24, 2.45) is 0 Å². The zero-order chi connectivity index (χ0) is 15.6. The Bertz CT molecular complexity index is 762. The normalized spacial score (nSPS) is 11.0. The van der Waals surface area contributed by atoms with Crippen molar-refractivity contribution >= 4 is 54.9 Å². The van der Waals surface area contributed by atoms with Gasteiger partial charge in [-0.1, -0.05) is 58.4 Å². The maximum atomic E-state index is 14.0. The van der Waals surface area contributed by atoms with Gasteiger partial charge < -0.3 is 4.57 Å². The molecule has 3 aromatic carbocycles. The van der Waals surface area contributed by atoms with Crippen molar-refractivity contribution in [3.63, 3.8) is 0 Å². The fourth-order valence-corrected chi connectivity index (χ4v) is 5.27. The van der Waals surface area contributed by atoms with Gasteiger partial charge in [0.2, 0.25) is 0 Å². The van der Waals surface area contributed by atoms with Gasteiger partial charge in [-0.15, -0.1) is 0 Å². The first kappa shape index (κ1) is 15.6. The molecule has 0 saturated carbocycles. The summed E-state index contributed by atoms with van der Waals surface area (Å²) in [5, 5.41) is 2.24. The van der Waals surface area contributed by atoms with Gasteiger partial charge in [-0.2, -0.15) is 0 Å². The lowest BCUT2D eigenvalue weighted by Gasteiger charge is -2.18. The van der Waals surface area contributed by atoms with E-state index in [4.69, 9.17) is 0 Å². The van der Waals surface area contributed by atoms with Crippen LogP contribution < -0.4 is 15.9 Å². The first-order chi connectivity index (χ1) is 10.6. The highest BCUT2D eigenvalue weighted by Gasteiger charge is 2.29. The van der Waals surface area contributed by atoms with Gasteiger partial charge in [0.15, 0.2) is 7.14 Å². The van der Waals surface area contributed by atoms with Crippen LogP contribution in [0.25, 0.3) is 0 Å². The molecule has 0 heterocycles. The molecule has 0 N–H and O–H groups in total. The third kappa shape index (κ3) is 2.92. The molecule has 22 heavy (non-hydrogen) atoms. The van der Waals surface area contributed by atoms with E-state index in [1.807, 2.05) is 66.7 Å². The minimum absolute atomic E-state index is 0.657. The minimum atomic E-state index is -2.94. The van der Waals surface area contributed by atoms with Crippen LogP contribution in [0.1, 0.15) is 0 Å². The average molecular weight is 434 g/mol. The molecule has 0 aliphatic rings. The standard InChI is InChI=1S/C18H11Br2OP/c19-14-6-10-17(11-7-14)22(21,16-4-2-1-3-5-16)18-12-8-15(20)9-13-18/h1-8,10-12H. The van der Waals surface area contributed by atoms with E-state index in [2.05, 4.69) is 44.0 Å². The summed E-state index contributed by atoms with van der Waals surface area (Å²) in [6.07, 6.45) is 0. The zero-order valence-electron chi connectivity index (χ0n) is 11.5. The van der Waals surface area contributed by atoms with Gasteiger partial charge in [0.1, 0.15) is 0 Å². The van der Waals surface area contributed by atoms with Crippen LogP contribution >= 0.6 is 39.0 Å². The van der Waals surface area contributed by atoms with Crippen molar-refractivity contribution in [2.75, 3.05) is 0 Å². The van der Waals surface area contributed by atoms with Crippen molar-refractivity contribution < 1.29 is 4.57 Å². The molecule has 0 aromatic heterocycles. The fraction of sp³-hybridized carbons (Fsp3) is 0. The van der Waals surface area contributed by atoms with E-state index in [1.54, 1.807) is 0 Å². The fourth-order valence-electron chi connectivity index (χ4n) is 2.26. The summed E-state index contributed by atoms with van der Waals surface area (Å²) in [4.78, 5) is 0. The van der Waals surface area contributed by atoms with Crippen LogP contribution in [0.3, 0.4) is 0 Å². The van der Waals surface area contributed by atoms with Crippen molar-refractivity contribution in [1.82, 2.24) is 0 Å². The third-order valence-electron chi connectivity index (χ3n) is 3.35. The van der Waals surface area contributed by atoms with E-state index in [0.29, 0.717) is 5.30 Å². The van der Waals surface area contributed by atoms with Gasteiger partial charge in [0.25, 0.3) is 0 Å². The van der Waals surface area contributed by atoms with Gasteiger partial charge in [-0.05, 0) is 52.3 Å². The summed E-state index contributed by atoms with van der Waals surface area (Å²) in [6.45, 7) is 0. The highest BCUT2D eigenvalue weighted by atomic mass is 79.9. The Balaban J connectivity index is 2.25. The summed E-state index contributed by atoms with van der Waals surface area (Å²) in [5.74, 6) is 0. The van der Waals surface area contributed by atoms with Crippen molar-refractivity contribution in [1.29, 1.82) is 0 Å². The van der Waals surface area contributed by atoms with Gasteiger partial charge in [-0.3, -0.25) is 0 Å². The van der Waals surface area contributed by atoms with Gasteiger partial charge in [-0.25, -0.2) is 0 Å². The molecule has 3 aromatic rings. The second kappa shape index (κ2) is 6.42. The summed E-state index contributed by atoms with van der Waals surface area (Å²) in [7, 11) is -2.94. The predicted octanol–water partition coefficient (Wildman–Crippen LogP) is 4.45. The second-order valence-electron chi connectivity index (χ2n) is 4.74. The lowest BCUT2D eigenvalue weighted by atomic mass is 10.4. The minimum Gasteiger partial charge on any atom is -0.308 e. The Morgan fingerprint density at radius 2 is 1.36 bits per heavy atom. The number of benzene rings is 2. The first-order valence-electron chi connectivity index (χ1n) is 6.62. The molecule has 1 atom stereocenters. The van der Waals surface area contributed by atoms with Crippen LogP contribution in [0.4, 0.5) is 0 Å². The van der Waals surface area contributed by atoms with Crippen LogP contribution in [0, 0.1) is 12.1 Å². The van der Waals surface area contributed by atoms with Crippen LogP contribution in [-0.2, 0) is 4.57 Å². The topological polar surface area (TPSA) is 17.1 Å². The Kier molecular flexibility index (Phi) is 4.54. The van der Waals surface area contributed by atoms with Gasteiger partial charge in [0.05, 0.1) is 9.78 Å². The number of halogens is 2. The maximum absolute atomic E-state index is 14.0. The van der Waals surface area contributed by atoms with Gasteiger partial charge in [0, 0.05) is 15.1 Å². The van der Waals surface area contributed by atoms with Crippen LogP contribution in [0.2, 0.25) is 0 Å². The molecule has 1 unspecified atom stereocenters. The number of rotatable bonds is 3. The van der Waals surface area contributed by atoms with E-state index in [-0.39, 0.29) is 0 Å². The third-order valence-corrected chi connectivity index (χ3v) is 7.33. The Morgan fingerprint density at radius 1 is 0.727 bits per heavy atom. The van der Waals surface area contributed by atoms with E-state index in [0.717, 1.165) is 19.6 Å². The second-order valence-corrected chi connectivity index (χ2v) is 9.24. The lowest BCUT2D eigenvalue weighted by molar-refractivity contribution is 0.592. The molecule has 0 fully saturated rings. The molecule has 4 heteroatoms. The lowest BCUT2D eigenvalue weighted by Crippen LogP contribution is -2.24. The van der Waals surface area contributed by atoms with E-state index in [9.17, 15) is 4.57 Å². The van der Waals surface area contributed by atoms with Crippen LogP contribution in [0.5, 0.6) is 0 Å². The molecule has 108 valence electrons. The van der Waals surface area contributed by atoms with Gasteiger partial charge >= 0.3 is 0 Å². The Morgan fingerprint density at radius 3 is 1.95 bits per heavy atom. The highest BCUT2D eigenvalue weighted by Crippen LogP contribution is 2.41. The molecule has 0 bridgehead atoms. The molecule has 0 amide bonds. The SMILES string of the molecule is O=P(c1c#cc(Br)cc1)(c1ccccc1)c1ccc(Br)cc1. The summed E-state index contributed by atoms with van der Waals surface area (Å²) in [6, 6.07) is 26.9. The summed E-state index contributed by atoms with van der Waals surface area (Å²) < 4.78 is 15.7.